The number of carbonyl (C=O) groups is 4. The summed E-state index contributed by atoms with van der Waals surface area (Å²) in [6.45, 7) is 20.7. The summed E-state index contributed by atoms with van der Waals surface area (Å²) in [5.74, 6) is 4.72. The number of ketones is 4. The molecule has 44 heavy (non-hydrogen) atoms. The SMILES string of the molecule is C.C.C.CC(C)=CCC/C(C)=[CH]/[Al]([CH3])[CH3].CC(C)=CCC1=C(C)C(=O)C(C)=C(C)C1=O.CC1=C(C)C(=O)C(CCl)=C(C)C1=O. The van der Waals surface area contributed by atoms with Gasteiger partial charge < -0.3 is 0 Å². The fourth-order valence-corrected chi connectivity index (χ4v) is 5.89. The lowest BCUT2D eigenvalue weighted by Gasteiger charge is -2.17. The molecule has 6 heteroatoms. The second kappa shape index (κ2) is 23.1. The number of carbonyl (C=O) groups excluding carboxylic acids is 4. The molecular weight excluding hydrogens is 583 g/mol. The van der Waals surface area contributed by atoms with Crippen LogP contribution in [0.4, 0.5) is 0 Å². The maximum absolute atomic E-state index is 12.0. The lowest BCUT2D eigenvalue weighted by Crippen LogP contribution is -2.21. The molecule has 0 saturated heterocycles. The molecule has 0 aliphatic heterocycles. The highest BCUT2D eigenvalue weighted by atomic mass is 35.5. The Kier molecular flexibility index (Phi) is 25.5. The summed E-state index contributed by atoms with van der Waals surface area (Å²) in [4.78, 5) is 49.4. The normalized spacial score (nSPS) is 14.8. The first-order valence-electron chi connectivity index (χ1n) is 14.3. The Morgan fingerprint density at radius 3 is 1.32 bits per heavy atom. The van der Waals surface area contributed by atoms with Crippen molar-refractivity contribution in [3.63, 3.8) is 0 Å². The van der Waals surface area contributed by atoms with Crippen LogP contribution in [0.25, 0.3) is 0 Å². The zero-order chi connectivity index (χ0) is 32.2. The highest BCUT2D eigenvalue weighted by molar-refractivity contribution is 6.61. The molecule has 0 heterocycles. The maximum Gasteiger partial charge on any atom is 0.288 e. The highest BCUT2D eigenvalue weighted by Gasteiger charge is 2.27. The minimum absolute atomic E-state index is 0. The molecule has 0 aromatic rings. The van der Waals surface area contributed by atoms with E-state index in [9.17, 15) is 19.2 Å². The third-order valence-corrected chi connectivity index (χ3v) is 8.68. The van der Waals surface area contributed by atoms with E-state index in [1.165, 1.54) is 18.4 Å². The molecule has 2 rings (SSSR count). The predicted molar refractivity (Wildman–Crippen MR) is 197 cm³/mol. The standard InChI is InChI=1S/C14H18O2.C10H11ClO2.C9H15.3CH4.2CH3.Al/c1-8(2)6-7-12-11(5)13(15)9(3)10(4)14(12)16;1-5-6(2)10(13)8(4-11)7(3)9(5)12;1-8(2)6-5-7-9(3)4;;;;;;/h6H,7H2,1-5H3;4H2,1-3H3;1,7H,5-6H2,2-4H3;3*1H4;2*1H3;. The summed E-state index contributed by atoms with van der Waals surface area (Å²) >= 11 is 5.12. The lowest BCUT2D eigenvalue weighted by atomic mass is 9.84. The number of Topliss-reactive ketones (excluding diaryl/α,β-unsaturated/α-hetero) is 4. The van der Waals surface area contributed by atoms with Crippen molar-refractivity contribution in [3.05, 3.63) is 78.4 Å². The zero-order valence-electron chi connectivity index (χ0n) is 27.6. The van der Waals surface area contributed by atoms with Gasteiger partial charge in [-0.3, -0.25) is 19.2 Å². The molecule has 0 saturated carbocycles. The van der Waals surface area contributed by atoms with E-state index >= 15 is 0 Å². The molecule has 0 radical (unpaired) electrons. The number of alkyl halides is 1. The minimum atomic E-state index is -0.478. The second-order valence-corrected chi connectivity index (χ2v) is 14.8. The fraction of sp³-hybridized carbons (Fsp3) is 0.526. The van der Waals surface area contributed by atoms with Crippen LogP contribution >= 0.6 is 11.6 Å². The molecule has 248 valence electrons. The Bertz CT molecular complexity index is 1270. The van der Waals surface area contributed by atoms with E-state index < -0.39 is 14.1 Å². The fourth-order valence-electron chi connectivity index (χ4n) is 4.26. The van der Waals surface area contributed by atoms with Crippen LogP contribution in [0.3, 0.4) is 0 Å². The first-order valence-corrected chi connectivity index (χ1v) is 17.8. The molecule has 0 atom stereocenters. The number of hydrogen-bond acceptors (Lipinski definition) is 4. The van der Waals surface area contributed by atoms with Gasteiger partial charge in [0.25, 0.3) is 14.1 Å². The predicted octanol–water partition coefficient (Wildman–Crippen LogP) is 11.1. The van der Waals surface area contributed by atoms with Crippen LogP contribution < -0.4 is 0 Å². The lowest BCUT2D eigenvalue weighted by molar-refractivity contribution is -0.116. The van der Waals surface area contributed by atoms with Crippen LogP contribution in [0, 0.1) is 0 Å². The van der Waals surface area contributed by atoms with Crippen LogP contribution in [0.2, 0.25) is 11.6 Å². The van der Waals surface area contributed by atoms with Gasteiger partial charge in [0.2, 0.25) is 0 Å². The van der Waals surface area contributed by atoms with Gasteiger partial charge in [0.05, 0.1) is 5.88 Å². The van der Waals surface area contributed by atoms with Crippen LogP contribution in [-0.2, 0) is 19.2 Å². The minimum Gasteiger partial charge on any atom is -0.289 e. The Labute approximate surface area is 280 Å². The van der Waals surface area contributed by atoms with E-state index in [1.807, 2.05) is 19.9 Å². The Morgan fingerprint density at radius 1 is 0.591 bits per heavy atom. The maximum atomic E-state index is 12.0. The van der Waals surface area contributed by atoms with Crippen molar-refractivity contribution in [1.82, 2.24) is 0 Å². The first-order chi connectivity index (χ1) is 18.9. The third kappa shape index (κ3) is 15.1. The summed E-state index contributed by atoms with van der Waals surface area (Å²) in [7, 11) is 0. The molecular formula is C38H62AlClO4. The number of halogens is 1. The van der Waals surface area contributed by atoms with E-state index in [2.05, 4.69) is 43.4 Å². The van der Waals surface area contributed by atoms with Gasteiger partial charge in [-0.2, -0.15) is 0 Å². The molecule has 0 N–H and O–H groups in total. The van der Waals surface area contributed by atoms with Crippen molar-refractivity contribution in [2.45, 2.75) is 129 Å². The molecule has 2 aliphatic carbocycles. The second-order valence-electron chi connectivity index (χ2n) is 11.7. The Morgan fingerprint density at radius 2 is 0.955 bits per heavy atom. The quantitative estimate of drug-likeness (QED) is 0.120. The number of rotatable bonds is 7. The molecule has 4 nitrogen and oxygen atoms in total. The summed E-state index contributed by atoms with van der Waals surface area (Å²) in [6.07, 6.45) is 7.32. The monoisotopic (exact) mass is 644 g/mol. The molecule has 0 unspecified atom stereocenters. The van der Waals surface area contributed by atoms with Crippen LogP contribution in [0.15, 0.2) is 78.4 Å². The Balaban J connectivity index is -0.000000267. The molecule has 0 spiro atoms. The number of hydrogen-bond donors (Lipinski definition) is 0. The molecule has 2 aliphatic rings. The summed E-state index contributed by atoms with van der Waals surface area (Å²) in [6, 6.07) is 0. The van der Waals surface area contributed by atoms with E-state index in [0.29, 0.717) is 51.0 Å². The van der Waals surface area contributed by atoms with Crippen LogP contribution in [0.5, 0.6) is 0 Å². The summed E-state index contributed by atoms with van der Waals surface area (Å²) in [5, 5.41) is 0. The van der Waals surface area contributed by atoms with Crippen molar-refractivity contribution >= 4 is 48.9 Å². The van der Waals surface area contributed by atoms with Crippen LogP contribution in [0.1, 0.15) is 118 Å². The van der Waals surface area contributed by atoms with E-state index in [1.54, 1.807) is 47.1 Å². The average Bonchev–Trinajstić information content (AvgIpc) is 2.89. The molecule has 0 aromatic carbocycles. The van der Waals surface area contributed by atoms with Crippen molar-refractivity contribution in [2.75, 3.05) is 5.88 Å². The first kappa shape index (κ1) is 48.6. The van der Waals surface area contributed by atoms with Gasteiger partial charge in [-0.05, 0) is 95.4 Å². The van der Waals surface area contributed by atoms with Crippen LogP contribution in [-0.4, -0.2) is 43.2 Å². The van der Waals surface area contributed by atoms with Crippen molar-refractivity contribution in [1.29, 1.82) is 0 Å². The van der Waals surface area contributed by atoms with E-state index in [4.69, 9.17) is 11.6 Å². The molecule has 0 aromatic heterocycles. The molecule has 0 bridgehead atoms. The van der Waals surface area contributed by atoms with Crippen molar-refractivity contribution in [2.24, 2.45) is 0 Å². The zero-order valence-corrected chi connectivity index (χ0v) is 29.6. The van der Waals surface area contributed by atoms with Gasteiger partial charge in [0.1, 0.15) is 0 Å². The topological polar surface area (TPSA) is 68.3 Å². The van der Waals surface area contributed by atoms with Gasteiger partial charge in [-0.15, -0.1) is 28.1 Å². The van der Waals surface area contributed by atoms with Gasteiger partial charge in [-0.1, -0.05) is 51.2 Å². The van der Waals surface area contributed by atoms with Gasteiger partial charge >= 0.3 is 0 Å². The van der Waals surface area contributed by atoms with E-state index in [-0.39, 0.29) is 51.3 Å². The van der Waals surface area contributed by atoms with Crippen molar-refractivity contribution in [3.8, 4) is 0 Å². The van der Waals surface area contributed by atoms with Gasteiger partial charge in [0.15, 0.2) is 23.1 Å². The molecule has 0 fully saturated rings. The van der Waals surface area contributed by atoms with Crippen molar-refractivity contribution < 1.29 is 19.2 Å². The van der Waals surface area contributed by atoms with Gasteiger partial charge in [-0.25, -0.2) is 0 Å². The number of allylic oxidation sites excluding steroid dienone is 13. The third-order valence-electron chi connectivity index (χ3n) is 7.18. The van der Waals surface area contributed by atoms with Gasteiger partial charge in [0, 0.05) is 44.6 Å². The summed E-state index contributed by atoms with van der Waals surface area (Å²) < 4.78 is 0. The van der Waals surface area contributed by atoms with E-state index in [0.717, 1.165) is 5.57 Å². The summed E-state index contributed by atoms with van der Waals surface area (Å²) in [5.41, 5.74) is 8.58. The molecule has 0 amide bonds. The smallest absolute Gasteiger partial charge is 0.288 e. The average molecular weight is 645 g/mol. The Hall–Kier alpha value is -2.32. The highest BCUT2D eigenvalue weighted by Crippen LogP contribution is 2.27. The largest absolute Gasteiger partial charge is 0.289 e.